The van der Waals surface area contributed by atoms with Crippen LogP contribution in [-0.4, -0.2) is 35.5 Å². The molecule has 0 spiro atoms. The molecule has 0 aromatic heterocycles. The van der Waals surface area contributed by atoms with Crippen LogP contribution >= 0.6 is 0 Å². The molecular weight excluding hydrogens is 118 g/mol. The highest BCUT2D eigenvalue weighted by Gasteiger charge is 2.05. The lowest BCUT2D eigenvalue weighted by molar-refractivity contribution is -0.133. The Labute approximate surface area is 69.3 Å². The Bertz CT molecular complexity index is 319. The first-order valence-corrected chi connectivity index (χ1v) is 2.04. The summed E-state index contributed by atoms with van der Waals surface area (Å²) >= 11 is 0. The van der Waals surface area contributed by atoms with Gasteiger partial charge in [0.2, 0.25) is 5.91 Å². The molecule has 3 heteroatoms. The number of aliphatic hydroxyl groups is 1. The van der Waals surface area contributed by atoms with Gasteiger partial charge in [-0.15, -0.1) is 0 Å². The van der Waals surface area contributed by atoms with Crippen LogP contribution in [0.5, 0.6) is 0 Å². The number of aliphatic hydroxyl groups excluding tert-OH is 1. The van der Waals surface area contributed by atoms with Crippen molar-refractivity contribution in [3.8, 4) is 0 Å². The summed E-state index contributed by atoms with van der Waals surface area (Å²) in [6.45, 7) is -15.6. The molecule has 0 heterocycles. The quantitative estimate of drug-likeness (QED) is 0.593. The molecule has 0 radical (unpaired) electrons. The summed E-state index contributed by atoms with van der Waals surface area (Å²) in [4.78, 5) is 10.8. The van der Waals surface area contributed by atoms with Crippen molar-refractivity contribution in [2.75, 3.05) is 19.6 Å². The van der Waals surface area contributed by atoms with Gasteiger partial charge in [-0.05, 0) is 13.7 Å². The fraction of sp³-hybridized carbons (Fsp3) is 0.833. The van der Waals surface area contributed by atoms with E-state index in [9.17, 15) is 4.79 Å². The Morgan fingerprint density at radius 3 is 2.67 bits per heavy atom. The van der Waals surface area contributed by atoms with Crippen molar-refractivity contribution in [3.63, 3.8) is 0 Å². The van der Waals surface area contributed by atoms with E-state index in [1.54, 1.807) is 0 Å². The first kappa shape index (κ1) is 1.53. The number of carbonyl (C=O) groups excluding carboxylic acids is 1. The van der Waals surface area contributed by atoms with E-state index >= 15 is 0 Å². The van der Waals surface area contributed by atoms with Crippen molar-refractivity contribution in [2.45, 2.75) is 13.7 Å². The lowest BCUT2D eigenvalue weighted by atomic mass is 10.5. The van der Waals surface area contributed by atoms with Gasteiger partial charge in [-0.2, -0.15) is 0 Å². The molecule has 0 aliphatic rings. The second kappa shape index (κ2) is 4.32. The van der Waals surface area contributed by atoms with Crippen LogP contribution in [0.4, 0.5) is 0 Å². The summed E-state index contributed by atoms with van der Waals surface area (Å²) < 4.78 is 71.0. The van der Waals surface area contributed by atoms with Crippen molar-refractivity contribution in [1.29, 1.82) is 0 Å². The predicted octanol–water partition coefficient (Wildman–Crippen LogP) is -0.153. The third-order valence-electron chi connectivity index (χ3n) is 0.608. The van der Waals surface area contributed by atoms with Gasteiger partial charge in [-0.1, -0.05) is 0 Å². The Morgan fingerprint density at radius 2 is 2.33 bits per heavy atom. The van der Waals surface area contributed by atoms with Crippen molar-refractivity contribution < 1.29 is 23.6 Å². The van der Waals surface area contributed by atoms with Gasteiger partial charge in [0.15, 0.2) is 0 Å². The number of carbonyl (C=O) groups is 1. The third kappa shape index (κ3) is 2.46. The summed E-state index contributed by atoms with van der Waals surface area (Å²) in [5, 5.41) is 8.67. The molecule has 1 N–H and O–H groups in total. The summed E-state index contributed by atoms with van der Waals surface area (Å²) in [5.41, 5.74) is 0. The average molecular weight is 141 g/mol. The van der Waals surface area contributed by atoms with Gasteiger partial charge < -0.3 is 10.0 Å². The smallest absolute Gasteiger partial charge is 0.248 e. The summed E-state index contributed by atoms with van der Waals surface area (Å²) in [5.74, 6) is -1.68. The molecule has 0 atom stereocenters. The number of likely N-dealkylation sites (N-methyl/N-ethyl adjacent to an activating group) is 1. The van der Waals surface area contributed by atoms with Gasteiger partial charge in [0.05, 0.1) is 0 Å². The minimum atomic E-state index is -3.59. The van der Waals surface area contributed by atoms with E-state index in [-0.39, 0.29) is 0 Å². The molecule has 9 heavy (non-hydrogen) atoms. The second-order valence-corrected chi connectivity index (χ2v) is 1.11. The van der Waals surface area contributed by atoms with Gasteiger partial charge in [-0.3, -0.25) is 4.79 Å². The lowest BCUT2D eigenvalue weighted by Gasteiger charge is -2.16. The van der Waals surface area contributed by atoms with E-state index in [0.29, 0.717) is 0 Å². The number of rotatable bonds is 3. The highest BCUT2D eigenvalue weighted by molar-refractivity contribution is 5.77. The maximum atomic E-state index is 11.4. The maximum Gasteiger partial charge on any atom is 0.248 e. The molecule has 0 aromatic rings. The van der Waals surface area contributed by atoms with Crippen LogP contribution in [0.25, 0.3) is 0 Å². The van der Waals surface area contributed by atoms with Crippen LogP contribution in [0.3, 0.4) is 0 Å². The summed E-state index contributed by atoms with van der Waals surface area (Å²) in [7, 11) is 0. The summed E-state index contributed by atoms with van der Waals surface area (Å²) in [6, 6.07) is 0. The number of hydrogen-bond acceptors (Lipinski definition) is 2. The highest BCUT2D eigenvalue weighted by Crippen LogP contribution is 1.85. The number of nitrogens with zero attached hydrogens (tertiary/aromatic N) is 1. The largest absolute Gasteiger partial charge is 0.387 e. The second-order valence-electron chi connectivity index (χ2n) is 1.11. The minimum Gasteiger partial charge on any atom is -0.387 e. The minimum absolute atomic E-state index is 0.583. The van der Waals surface area contributed by atoms with Gasteiger partial charge in [0.1, 0.15) is 6.61 Å². The molecule has 0 unspecified atom stereocenters. The van der Waals surface area contributed by atoms with E-state index in [1.165, 1.54) is 0 Å². The number of amides is 1. The van der Waals surface area contributed by atoms with E-state index < -0.39 is 44.1 Å². The molecule has 0 aliphatic carbocycles. The van der Waals surface area contributed by atoms with E-state index in [4.69, 9.17) is 18.8 Å². The van der Waals surface area contributed by atoms with Crippen LogP contribution in [0, 0.1) is 0 Å². The van der Waals surface area contributed by atoms with E-state index in [0.717, 1.165) is 0 Å². The fourth-order valence-electron chi connectivity index (χ4n) is 0.223. The van der Waals surface area contributed by atoms with Crippen molar-refractivity contribution >= 4 is 5.91 Å². The van der Waals surface area contributed by atoms with Crippen LogP contribution in [0.15, 0.2) is 0 Å². The van der Waals surface area contributed by atoms with Gasteiger partial charge in [0.25, 0.3) is 0 Å². The lowest BCUT2D eigenvalue weighted by Crippen LogP contribution is -2.32. The Morgan fingerprint density at radius 1 is 1.78 bits per heavy atom. The summed E-state index contributed by atoms with van der Waals surface area (Å²) in [6.07, 6.45) is 0. The van der Waals surface area contributed by atoms with Gasteiger partial charge in [0, 0.05) is 26.7 Å². The fourth-order valence-corrected chi connectivity index (χ4v) is 0.223. The van der Waals surface area contributed by atoms with Crippen molar-refractivity contribution in [3.05, 3.63) is 0 Å². The Balaban J connectivity index is 5.95. The monoisotopic (exact) mass is 141 g/mol. The zero-order chi connectivity index (χ0) is 15.9. The van der Waals surface area contributed by atoms with Gasteiger partial charge in [-0.25, -0.2) is 0 Å². The van der Waals surface area contributed by atoms with Crippen LogP contribution in [0.1, 0.15) is 27.4 Å². The zero-order valence-corrected chi connectivity index (χ0v) is 4.51. The SMILES string of the molecule is [2H]C([2H])([2H])C([2H])([2H])N(C(=O)CO)C([2H])([2H])C([2H])([2H])[2H]. The third-order valence-corrected chi connectivity index (χ3v) is 0.608. The number of hydrogen-bond donors (Lipinski definition) is 1. The van der Waals surface area contributed by atoms with Crippen LogP contribution in [0.2, 0.25) is 0 Å². The normalized spacial score (nSPS) is 31.7. The molecule has 0 rings (SSSR count). The highest BCUT2D eigenvalue weighted by atomic mass is 16.3. The van der Waals surface area contributed by atoms with Crippen LogP contribution in [-0.2, 0) is 4.79 Å². The van der Waals surface area contributed by atoms with Crippen molar-refractivity contribution in [1.82, 2.24) is 4.90 Å². The molecule has 3 nitrogen and oxygen atoms in total. The zero-order valence-electron chi connectivity index (χ0n) is 14.5. The molecule has 54 valence electrons. The molecule has 0 aromatic carbocycles. The van der Waals surface area contributed by atoms with E-state index in [1.807, 2.05) is 0 Å². The molecule has 0 fully saturated rings. The van der Waals surface area contributed by atoms with Gasteiger partial charge >= 0.3 is 0 Å². The van der Waals surface area contributed by atoms with Crippen LogP contribution < -0.4 is 0 Å². The standard InChI is InChI=1S/C6H13NO2/c1-3-7(4-2)6(9)5-8/h8H,3-5H2,1-2H3/i1D3,2D3,3D2,4D2. The predicted molar refractivity (Wildman–Crippen MR) is 35.0 cm³/mol. The Kier molecular flexibility index (Phi) is 0.736. The molecular formula is C6H13NO2. The molecule has 0 saturated carbocycles. The first-order chi connectivity index (χ1) is 8.10. The molecule has 0 aliphatic heterocycles. The molecule has 0 bridgehead atoms. The van der Waals surface area contributed by atoms with Crippen molar-refractivity contribution in [2.24, 2.45) is 0 Å². The molecule has 1 amide bonds. The first-order valence-electron chi connectivity index (χ1n) is 7.04. The average Bonchev–Trinajstić information content (AvgIpc) is 2.12. The Hall–Kier alpha value is -0.570. The van der Waals surface area contributed by atoms with E-state index in [2.05, 4.69) is 0 Å². The topological polar surface area (TPSA) is 40.5 Å². The molecule has 0 saturated heterocycles. The maximum absolute atomic E-state index is 11.4.